The average molecular weight is 251 g/mol. The lowest BCUT2D eigenvalue weighted by Gasteiger charge is -2.22. The summed E-state index contributed by atoms with van der Waals surface area (Å²) in [4.78, 5) is 11.1. The van der Waals surface area contributed by atoms with Crippen molar-refractivity contribution in [2.45, 2.75) is 51.2 Å². The topological polar surface area (TPSA) is 64.4 Å². The van der Waals surface area contributed by atoms with Gasteiger partial charge in [0.2, 0.25) is 5.91 Å². The first kappa shape index (κ1) is 15.7. The number of nitrogens with one attached hydrogen (secondary N) is 1. The number of ether oxygens (including phenoxy) is 1. The first-order chi connectivity index (χ1) is 7.20. The van der Waals surface area contributed by atoms with Crippen LogP contribution in [-0.4, -0.2) is 31.2 Å². The van der Waals surface area contributed by atoms with Gasteiger partial charge in [-0.3, -0.25) is 4.79 Å². The van der Waals surface area contributed by atoms with Crippen molar-refractivity contribution in [3.63, 3.8) is 0 Å². The Kier molecular flexibility index (Phi) is 8.61. The van der Waals surface area contributed by atoms with Gasteiger partial charge in [-0.1, -0.05) is 19.3 Å². The SMILES string of the molecule is C[C@@H](N)C(=O)NCCOC1CCCCC1.Cl. The van der Waals surface area contributed by atoms with E-state index in [1.807, 2.05) is 0 Å². The summed E-state index contributed by atoms with van der Waals surface area (Å²) < 4.78 is 5.66. The lowest BCUT2D eigenvalue weighted by molar-refractivity contribution is -0.122. The van der Waals surface area contributed by atoms with Crippen LogP contribution in [0, 0.1) is 0 Å². The predicted molar refractivity (Wildman–Crippen MR) is 66.7 cm³/mol. The number of rotatable bonds is 5. The van der Waals surface area contributed by atoms with Crippen molar-refractivity contribution in [2.75, 3.05) is 13.2 Å². The van der Waals surface area contributed by atoms with E-state index >= 15 is 0 Å². The summed E-state index contributed by atoms with van der Waals surface area (Å²) in [6.07, 6.45) is 6.63. The molecule has 3 N–H and O–H groups in total. The summed E-state index contributed by atoms with van der Waals surface area (Å²) in [5.41, 5.74) is 5.41. The third-order valence-corrected chi connectivity index (χ3v) is 2.72. The highest BCUT2D eigenvalue weighted by molar-refractivity contribution is 5.85. The van der Waals surface area contributed by atoms with Crippen LogP contribution >= 0.6 is 12.4 Å². The molecule has 5 heteroatoms. The van der Waals surface area contributed by atoms with E-state index in [1.54, 1.807) is 6.92 Å². The van der Waals surface area contributed by atoms with Crippen LogP contribution in [0.5, 0.6) is 0 Å². The Morgan fingerprint density at radius 2 is 2.06 bits per heavy atom. The van der Waals surface area contributed by atoms with Crippen molar-refractivity contribution in [3.05, 3.63) is 0 Å². The minimum absolute atomic E-state index is 0. The van der Waals surface area contributed by atoms with Crippen molar-refractivity contribution in [2.24, 2.45) is 5.73 Å². The maximum Gasteiger partial charge on any atom is 0.236 e. The maximum atomic E-state index is 11.1. The van der Waals surface area contributed by atoms with Crippen LogP contribution in [0.2, 0.25) is 0 Å². The second-order valence-corrected chi connectivity index (χ2v) is 4.21. The molecule has 0 unspecified atom stereocenters. The third-order valence-electron chi connectivity index (χ3n) is 2.72. The van der Waals surface area contributed by atoms with Crippen LogP contribution < -0.4 is 11.1 Å². The van der Waals surface area contributed by atoms with E-state index in [9.17, 15) is 4.79 Å². The van der Waals surface area contributed by atoms with Crippen LogP contribution in [0.15, 0.2) is 0 Å². The molecule has 1 amide bonds. The summed E-state index contributed by atoms with van der Waals surface area (Å²) in [5.74, 6) is -0.109. The zero-order valence-electron chi connectivity index (χ0n) is 9.91. The molecule has 96 valence electrons. The molecular formula is C11H23ClN2O2. The molecule has 0 aromatic rings. The highest BCUT2D eigenvalue weighted by Crippen LogP contribution is 2.19. The van der Waals surface area contributed by atoms with Crippen LogP contribution in [0.3, 0.4) is 0 Å². The summed E-state index contributed by atoms with van der Waals surface area (Å²) in [6, 6.07) is -0.431. The smallest absolute Gasteiger partial charge is 0.236 e. The number of amides is 1. The van der Waals surface area contributed by atoms with E-state index in [1.165, 1.54) is 32.1 Å². The lowest BCUT2D eigenvalue weighted by atomic mass is 9.98. The zero-order chi connectivity index (χ0) is 11.1. The van der Waals surface area contributed by atoms with E-state index in [4.69, 9.17) is 10.5 Å². The number of halogens is 1. The number of hydrogen-bond acceptors (Lipinski definition) is 3. The zero-order valence-corrected chi connectivity index (χ0v) is 10.7. The lowest BCUT2D eigenvalue weighted by Crippen LogP contribution is -2.40. The molecule has 1 aliphatic rings. The summed E-state index contributed by atoms with van der Waals surface area (Å²) >= 11 is 0. The highest BCUT2D eigenvalue weighted by Gasteiger charge is 2.13. The first-order valence-electron chi connectivity index (χ1n) is 5.85. The fourth-order valence-corrected chi connectivity index (χ4v) is 1.79. The van der Waals surface area contributed by atoms with E-state index in [2.05, 4.69) is 5.32 Å². The summed E-state index contributed by atoms with van der Waals surface area (Å²) in [7, 11) is 0. The Labute approximate surface area is 104 Å². The predicted octanol–water partition coefficient (Wildman–Crippen LogP) is 1.22. The van der Waals surface area contributed by atoms with Gasteiger partial charge in [0.05, 0.1) is 18.8 Å². The van der Waals surface area contributed by atoms with Crippen molar-refractivity contribution >= 4 is 18.3 Å². The second-order valence-electron chi connectivity index (χ2n) is 4.21. The van der Waals surface area contributed by atoms with Gasteiger partial charge in [-0.2, -0.15) is 0 Å². The minimum Gasteiger partial charge on any atom is -0.376 e. The molecule has 1 aliphatic carbocycles. The Morgan fingerprint density at radius 1 is 1.44 bits per heavy atom. The van der Waals surface area contributed by atoms with E-state index in [-0.39, 0.29) is 18.3 Å². The molecule has 1 fully saturated rings. The van der Waals surface area contributed by atoms with Crippen molar-refractivity contribution in [1.29, 1.82) is 0 Å². The quantitative estimate of drug-likeness (QED) is 0.722. The number of nitrogens with two attached hydrogens (primary N) is 1. The Balaban J connectivity index is 0.00000225. The number of carbonyl (C=O) groups is 1. The summed E-state index contributed by atoms with van der Waals surface area (Å²) in [6.45, 7) is 2.84. The molecular weight excluding hydrogens is 228 g/mol. The Bertz CT molecular complexity index is 194. The van der Waals surface area contributed by atoms with Gasteiger partial charge in [0.15, 0.2) is 0 Å². The average Bonchev–Trinajstić information content (AvgIpc) is 2.25. The van der Waals surface area contributed by atoms with Crippen LogP contribution in [0.25, 0.3) is 0 Å². The van der Waals surface area contributed by atoms with Gasteiger partial charge >= 0.3 is 0 Å². The minimum atomic E-state index is -0.431. The summed E-state index contributed by atoms with van der Waals surface area (Å²) in [5, 5.41) is 2.73. The van der Waals surface area contributed by atoms with E-state index in [0.717, 1.165) is 0 Å². The fraction of sp³-hybridized carbons (Fsp3) is 0.909. The van der Waals surface area contributed by atoms with Gasteiger partial charge in [-0.25, -0.2) is 0 Å². The maximum absolute atomic E-state index is 11.1. The molecule has 1 atom stereocenters. The molecule has 16 heavy (non-hydrogen) atoms. The van der Waals surface area contributed by atoms with Gasteiger partial charge in [-0.15, -0.1) is 12.4 Å². The largest absolute Gasteiger partial charge is 0.376 e. The Hall–Kier alpha value is -0.320. The van der Waals surface area contributed by atoms with Gasteiger partial charge < -0.3 is 15.8 Å². The monoisotopic (exact) mass is 250 g/mol. The van der Waals surface area contributed by atoms with E-state index in [0.29, 0.717) is 19.3 Å². The first-order valence-corrected chi connectivity index (χ1v) is 5.85. The molecule has 0 spiro atoms. The van der Waals surface area contributed by atoms with Crippen LogP contribution in [0.1, 0.15) is 39.0 Å². The normalized spacial score (nSPS) is 18.6. The third kappa shape index (κ3) is 6.30. The fourth-order valence-electron chi connectivity index (χ4n) is 1.79. The standard InChI is InChI=1S/C11H22N2O2.ClH/c1-9(12)11(14)13-7-8-15-10-5-3-2-4-6-10;/h9-10H,2-8,12H2,1H3,(H,13,14);1H/t9-;/m1./s1. The highest BCUT2D eigenvalue weighted by atomic mass is 35.5. The van der Waals surface area contributed by atoms with Gasteiger partial charge in [0.1, 0.15) is 0 Å². The molecule has 0 aromatic heterocycles. The van der Waals surface area contributed by atoms with Crippen molar-refractivity contribution in [1.82, 2.24) is 5.32 Å². The number of carbonyl (C=O) groups excluding carboxylic acids is 1. The molecule has 0 saturated heterocycles. The van der Waals surface area contributed by atoms with Crippen molar-refractivity contribution < 1.29 is 9.53 Å². The van der Waals surface area contributed by atoms with E-state index < -0.39 is 6.04 Å². The molecule has 4 nitrogen and oxygen atoms in total. The second kappa shape index (κ2) is 8.79. The van der Waals surface area contributed by atoms with Gasteiger partial charge in [0, 0.05) is 6.54 Å². The molecule has 0 aliphatic heterocycles. The van der Waals surface area contributed by atoms with Crippen molar-refractivity contribution in [3.8, 4) is 0 Å². The molecule has 0 radical (unpaired) electrons. The Morgan fingerprint density at radius 3 is 2.62 bits per heavy atom. The molecule has 0 aromatic carbocycles. The van der Waals surface area contributed by atoms with Crippen LogP contribution in [0.4, 0.5) is 0 Å². The van der Waals surface area contributed by atoms with Gasteiger partial charge in [0.25, 0.3) is 0 Å². The number of hydrogen-bond donors (Lipinski definition) is 2. The molecule has 1 saturated carbocycles. The van der Waals surface area contributed by atoms with Crippen LogP contribution in [-0.2, 0) is 9.53 Å². The molecule has 0 bridgehead atoms. The molecule has 0 heterocycles. The molecule has 1 rings (SSSR count). The van der Waals surface area contributed by atoms with Gasteiger partial charge in [-0.05, 0) is 19.8 Å².